The number of hydrogen-bond acceptors (Lipinski definition) is 2. The molecule has 1 heterocycles. The van der Waals surface area contributed by atoms with Crippen LogP contribution < -0.4 is 10.6 Å². The Balaban J connectivity index is 1.79. The highest BCUT2D eigenvalue weighted by molar-refractivity contribution is 9.10. The van der Waals surface area contributed by atoms with E-state index in [0.29, 0.717) is 12.5 Å². The zero-order valence-corrected chi connectivity index (χ0v) is 11.3. The van der Waals surface area contributed by atoms with Crippen LogP contribution in [-0.4, -0.2) is 25.0 Å². The first kappa shape index (κ1) is 12.6. The van der Waals surface area contributed by atoms with E-state index in [-0.39, 0.29) is 5.91 Å². The molecular formula is C13H17BrN2O. The fourth-order valence-corrected chi connectivity index (χ4v) is 2.47. The lowest BCUT2D eigenvalue weighted by atomic mass is 10.1. The van der Waals surface area contributed by atoms with Crippen LogP contribution in [0.15, 0.2) is 28.7 Å². The maximum atomic E-state index is 11.8. The predicted octanol–water partition coefficient (Wildman–Crippen LogP) is 1.86. The van der Waals surface area contributed by atoms with Crippen LogP contribution in [0.25, 0.3) is 0 Å². The predicted molar refractivity (Wildman–Crippen MR) is 71.9 cm³/mol. The van der Waals surface area contributed by atoms with Gasteiger partial charge in [0, 0.05) is 17.1 Å². The molecule has 1 aromatic rings. The summed E-state index contributed by atoms with van der Waals surface area (Å²) in [5.74, 6) is 0.0885. The van der Waals surface area contributed by atoms with Crippen LogP contribution in [0.4, 0.5) is 0 Å². The molecule has 1 aliphatic heterocycles. The number of amides is 1. The molecule has 2 N–H and O–H groups in total. The second-order valence-electron chi connectivity index (χ2n) is 4.37. The lowest BCUT2D eigenvalue weighted by molar-refractivity contribution is -0.120. The number of carbonyl (C=O) groups excluding carboxylic acids is 1. The topological polar surface area (TPSA) is 41.1 Å². The normalized spacial score (nSPS) is 19.2. The SMILES string of the molecule is O=C(Cc1ccccc1Br)NC[C@H]1CCCN1. The van der Waals surface area contributed by atoms with Gasteiger partial charge in [-0.1, -0.05) is 34.1 Å². The van der Waals surface area contributed by atoms with Gasteiger partial charge in [-0.25, -0.2) is 0 Å². The van der Waals surface area contributed by atoms with Gasteiger partial charge >= 0.3 is 0 Å². The molecule has 1 aromatic carbocycles. The largest absolute Gasteiger partial charge is 0.354 e. The van der Waals surface area contributed by atoms with Gasteiger partial charge < -0.3 is 10.6 Å². The molecule has 3 nitrogen and oxygen atoms in total. The summed E-state index contributed by atoms with van der Waals surface area (Å²) in [6.07, 6.45) is 2.81. The van der Waals surface area contributed by atoms with Crippen molar-refractivity contribution in [2.24, 2.45) is 0 Å². The lowest BCUT2D eigenvalue weighted by Crippen LogP contribution is -2.37. The third-order valence-corrected chi connectivity index (χ3v) is 3.79. The third-order valence-electron chi connectivity index (χ3n) is 3.02. The van der Waals surface area contributed by atoms with E-state index >= 15 is 0 Å². The van der Waals surface area contributed by atoms with Crippen molar-refractivity contribution in [1.29, 1.82) is 0 Å². The van der Waals surface area contributed by atoms with E-state index < -0.39 is 0 Å². The molecule has 1 aliphatic rings. The number of carbonyl (C=O) groups is 1. The molecule has 0 radical (unpaired) electrons. The van der Waals surface area contributed by atoms with E-state index in [2.05, 4.69) is 26.6 Å². The molecule has 0 aromatic heterocycles. The molecule has 17 heavy (non-hydrogen) atoms. The average molecular weight is 297 g/mol. The Morgan fingerprint density at radius 1 is 1.47 bits per heavy atom. The Kier molecular flexibility index (Phi) is 4.57. The fraction of sp³-hybridized carbons (Fsp3) is 0.462. The first-order valence-corrected chi connectivity index (χ1v) is 6.78. The number of nitrogens with one attached hydrogen (secondary N) is 2. The summed E-state index contributed by atoms with van der Waals surface area (Å²) in [6.45, 7) is 1.81. The summed E-state index contributed by atoms with van der Waals surface area (Å²) in [7, 11) is 0. The molecule has 0 spiro atoms. The highest BCUT2D eigenvalue weighted by Gasteiger charge is 2.14. The third kappa shape index (κ3) is 3.82. The van der Waals surface area contributed by atoms with E-state index in [9.17, 15) is 4.79 Å². The van der Waals surface area contributed by atoms with Crippen molar-refractivity contribution < 1.29 is 4.79 Å². The average Bonchev–Trinajstić information content (AvgIpc) is 2.82. The molecule has 0 bridgehead atoms. The zero-order valence-electron chi connectivity index (χ0n) is 9.71. The van der Waals surface area contributed by atoms with Crippen LogP contribution in [-0.2, 0) is 11.2 Å². The Labute approximate surface area is 110 Å². The van der Waals surface area contributed by atoms with Crippen LogP contribution in [0.2, 0.25) is 0 Å². The van der Waals surface area contributed by atoms with Gasteiger partial charge in [0.15, 0.2) is 0 Å². The van der Waals surface area contributed by atoms with E-state index in [1.807, 2.05) is 24.3 Å². The van der Waals surface area contributed by atoms with Crippen molar-refractivity contribution in [2.75, 3.05) is 13.1 Å². The van der Waals surface area contributed by atoms with Crippen molar-refractivity contribution in [2.45, 2.75) is 25.3 Å². The van der Waals surface area contributed by atoms with Gasteiger partial charge in [0.2, 0.25) is 5.91 Å². The van der Waals surface area contributed by atoms with E-state index in [1.54, 1.807) is 0 Å². The molecule has 92 valence electrons. The van der Waals surface area contributed by atoms with Gasteiger partial charge in [-0.2, -0.15) is 0 Å². The number of halogens is 1. The van der Waals surface area contributed by atoms with Crippen molar-refractivity contribution in [3.63, 3.8) is 0 Å². The maximum absolute atomic E-state index is 11.8. The second kappa shape index (κ2) is 6.17. The first-order chi connectivity index (χ1) is 8.25. The molecule has 1 fully saturated rings. The summed E-state index contributed by atoms with van der Waals surface area (Å²) < 4.78 is 0.995. The molecular weight excluding hydrogens is 280 g/mol. The van der Waals surface area contributed by atoms with Crippen LogP contribution in [0.1, 0.15) is 18.4 Å². The minimum absolute atomic E-state index is 0.0885. The molecule has 4 heteroatoms. The fourth-order valence-electron chi connectivity index (χ4n) is 2.05. The summed E-state index contributed by atoms with van der Waals surface area (Å²) in [5.41, 5.74) is 1.03. The van der Waals surface area contributed by atoms with Gasteiger partial charge in [-0.05, 0) is 31.0 Å². The molecule has 0 saturated carbocycles. The van der Waals surface area contributed by atoms with E-state index in [0.717, 1.165) is 29.5 Å². The smallest absolute Gasteiger partial charge is 0.224 e. The summed E-state index contributed by atoms with van der Waals surface area (Å²) in [6, 6.07) is 8.29. The number of rotatable bonds is 4. The minimum atomic E-state index is 0.0885. The monoisotopic (exact) mass is 296 g/mol. The van der Waals surface area contributed by atoms with Crippen LogP contribution in [0.3, 0.4) is 0 Å². The van der Waals surface area contributed by atoms with Crippen molar-refractivity contribution >= 4 is 21.8 Å². The highest BCUT2D eigenvalue weighted by Crippen LogP contribution is 2.16. The van der Waals surface area contributed by atoms with Crippen molar-refractivity contribution in [1.82, 2.24) is 10.6 Å². The second-order valence-corrected chi connectivity index (χ2v) is 5.22. The molecule has 2 rings (SSSR count). The van der Waals surface area contributed by atoms with Crippen LogP contribution in [0.5, 0.6) is 0 Å². The van der Waals surface area contributed by atoms with Gasteiger partial charge in [-0.3, -0.25) is 4.79 Å². The van der Waals surface area contributed by atoms with Gasteiger partial charge in [0.05, 0.1) is 6.42 Å². The van der Waals surface area contributed by atoms with E-state index in [4.69, 9.17) is 0 Å². The van der Waals surface area contributed by atoms with Gasteiger partial charge in [0.1, 0.15) is 0 Å². The zero-order chi connectivity index (χ0) is 12.1. The van der Waals surface area contributed by atoms with Gasteiger partial charge in [0.25, 0.3) is 0 Å². The van der Waals surface area contributed by atoms with Gasteiger partial charge in [-0.15, -0.1) is 0 Å². The van der Waals surface area contributed by atoms with Crippen LogP contribution in [0, 0.1) is 0 Å². The standard InChI is InChI=1S/C13H17BrN2O/c14-12-6-2-1-4-10(12)8-13(17)16-9-11-5-3-7-15-11/h1-2,4,6,11,15H,3,5,7-9H2,(H,16,17)/t11-/m1/s1. The summed E-state index contributed by atoms with van der Waals surface area (Å²) in [5, 5.41) is 6.34. The summed E-state index contributed by atoms with van der Waals surface area (Å²) in [4.78, 5) is 11.8. The number of benzene rings is 1. The van der Waals surface area contributed by atoms with Crippen molar-refractivity contribution in [3.8, 4) is 0 Å². The highest BCUT2D eigenvalue weighted by atomic mass is 79.9. The Morgan fingerprint density at radius 2 is 2.29 bits per heavy atom. The molecule has 1 atom stereocenters. The van der Waals surface area contributed by atoms with E-state index in [1.165, 1.54) is 6.42 Å². The Morgan fingerprint density at radius 3 is 3.00 bits per heavy atom. The van der Waals surface area contributed by atoms with Crippen molar-refractivity contribution in [3.05, 3.63) is 34.3 Å². The Bertz CT molecular complexity index is 389. The summed E-state index contributed by atoms with van der Waals surface area (Å²) >= 11 is 3.45. The Hall–Kier alpha value is -0.870. The quantitative estimate of drug-likeness (QED) is 0.890. The lowest BCUT2D eigenvalue weighted by Gasteiger charge is -2.11. The first-order valence-electron chi connectivity index (χ1n) is 5.99. The molecule has 1 saturated heterocycles. The molecule has 0 unspecified atom stereocenters. The number of hydrogen-bond donors (Lipinski definition) is 2. The molecule has 0 aliphatic carbocycles. The maximum Gasteiger partial charge on any atom is 0.224 e. The van der Waals surface area contributed by atoms with Crippen LogP contribution >= 0.6 is 15.9 Å². The molecule has 1 amide bonds. The minimum Gasteiger partial charge on any atom is -0.354 e.